The van der Waals surface area contributed by atoms with Crippen molar-refractivity contribution in [2.24, 2.45) is 0 Å². The first-order valence-corrected chi connectivity index (χ1v) is 1.88. The SMILES string of the molecule is COC(=O)C(=O)OC.[Pd]. The molecule has 0 aromatic heterocycles. The third kappa shape index (κ3) is 4.13. The number of hydrogen-bond donors (Lipinski definition) is 0. The molecule has 0 atom stereocenters. The van der Waals surface area contributed by atoms with E-state index < -0.39 is 11.9 Å². The second kappa shape index (κ2) is 5.73. The molecular weight excluding hydrogens is 218 g/mol. The summed E-state index contributed by atoms with van der Waals surface area (Å²) in [6.07, 6.45) is 0. The predicted octanol–water partition coefficient (Wildman–Crippen LogP) is -0.670. The van der Waals surface area contributed by atoms with Gasteiger partial charge in [0.25, 0.3) is 0 Å². The molecule has 0 radical (unpaired) electrons. The van der Waals surface area contributed by atoms with Crippen LogP contribution in [0.5, 0.6) is 0 Å². The Morgan fingerprint density at radius 2 is 1.22 bits per heavy atom. The van der Waals surface area contributed by atoms with Gasteiger partial charge in [-0.3, -0.25) is 0 Å². The molecule has 0 rings (SSSR count). The Hall–Kier alpha value is -0.398. The molecule has 5 heteroatoms. The number of carbonyl (C=O) groups excluding carboxylic acids is 2. The van der Waals surface area contributed by atoms with Crippen molar-refractivity contribution in [3.05, 3.63) is 0 Å². The molecule has 0 aliphatic heterocycles. The van der Waals surface area contributed by atoms with Crippen LogP contribution in [-0.2, 0) is 39.5 Å². The standard InChI is InChI=1S/C4H6O4.Pd/c1-7-3(5)4(6)8-2;/h1-2H3;. The fourth-order valence-corrected chi connectivity index (χ4v) is 0.167. The summed E-state index contributed by atoms with van der Waals surface area (Å²) in [6, 6.07) is 0. The summed E-state index contributed by atoms with van der Waals surface area (Å²) in [5.74, 6) is -1.96. The molecule has 0 spiro atoms. The molecule has 0 N–H and O–H groups in total. The van der Waals surface area contributed by atoms with Crippen LogP contribution in [0.15, 0.2) is 0 Å². The molecule has 4 nitrogen and oxygen atoms in total. The van der Waals surface area contributed by atoms with Crippen LogP contribution in [0, 0.1) is 0 Å². The van der Waals surface area contributed by atoms with E-state index in [2.05, 4.69) is 9.47 Å². The zero-order valence-electron chi connectivity index (χ0n) is 4.95. The zero-order valence-corrected chi connectivity index (χ0v) is 6.50. The van der Waals surface area contributed by atoms with Gasteiger partial charge in [-0.05, 0) is 0 Å². The molecule has 0 aromatic carbocycles. The molecule has 0 aliphatic rings. The van der Waals surface area contributed by atoms with Crippen LogP contribution in [0.25, 0.3) is 0 Å². The van der Waals surface area contributed by atoms with Gasteiger partial charge in [0.1, 0.15) is 0 Å². The Morgan fingerprint density at radius 3 is 1.33 bits per heavy atom. The van der Waals surface area contributed by atoms with Crippen LogP contribution in [-0.4, -0.2) is 26.2 Å². The fraction of sp³-hybridized carbons (Fsp3) is 0.500. The Labute approximate surface area is 66.2 Å². The van der Waals surface area contributed by atoms with Crippen molar-refractivity contribution in [3.63, 3.8) is 0 Å². The van der Waals surface area contributed by atoms with Crippen LogP contribution in [0.3, 0.4) is 0 Å². The zero-order chi connectivity index (χ0) is 6.57. The van der Waals surface area contributed by atoms with Crippen LogP contribution in [0.4, 0.5) is 0 Å². The number of rotatable bonds is 0. The monoisotopic (exact) mass is 224 g/mol. The molecule has 0 saturated carbocycles. The van der Waals surface area contributed by atoms with Gasteiger partial charge >= 0.3 is 11.9 Å². The van der Waals surface area contributed by atoms with Gasteiger partial charge < -0.3 is 9.47 Å². The van der Waals surface area contributed by atoms with E-state index in [0.29, 0.717) is 0 Å². The quantitative estimate of drug-likeness (QED) is 0.311. The smallest absolute Gasteiger partial charge is 0.417 e. The average molecular weight is 225 g/mol. The molecule has 0 aliphatic carbocycles. The molecule has 56 valence electrons. The first-order valence-electron chi connectivity index (χ1n) is 1.88. The summed E-state index contributed by atoms with van der Waals surface area (Å²) in [5, 5.41) is 0. The number of hydrogen-bond acceptors (Lipinski definition) is 4. The maximum absolute atomic E-state index is 10.0. The van der Waals surface area contributed by atoms with E-state index in [0.717, 1.165) is 14.2 Å². The minimum Gasteiger partial charge on any atom is -0.461 e. The molecule has 0 heterocycles. The van der Waals surface area contributed by atoms with Crippen LogP contribution in [0.1, 0.15) is 0 Å². The number of carbonyl (C=O) groups is 2. The van der Waals surface area contributed by atoms with Gasteiger partial charge in [-0.25, -0.2) is 9.59 Å². The number of methoxy groups -OCH3 is 2. The first kappa shape index (κ1) is 11.4. The summed E-state index contributed by atoms with van der Waals surface area (Å²) in [5.41, 5.74) is 0. The summed E-state index contributed by atoms with van der Waals surface area (Å²) >= 11 is 0. The third-order valence-electron chi connectivity index (χ3n) is 0.537. The maximum atomic E-state index is 10.0. The minimum absolute atomic E-state index is 0. The van der Waals surface area contributed by atoms with Crippen molar-refractivity contribution in [2.45, 2.75) is 0 Å². The normalized spacial score (nSPS) is 6.89. The minimum atomic E-state index is -0.979. The molecular formula is C4H6O4Pd. The number of esters is 2. The van der Waals surface area contributed by atoms with Gasteiger partial charge in [-0.2, -0.15) is 0 Å². The van der Waals surface area contributed by atoms with E-state index in [1.807, 2.05) is 0 Å². The van der Waals surface area contributed by atoms with Gasteiger partial charge in [-0.1, -0.05) is 0 Å². The van der Waals surface area contributed by atoms with E-state index >= 15 is 0 Å². The number of ether oxygens (including phenoxy) is 2. The van der Waals surface area contributed by atoms with Crippen LogP contribution < -0.4 is 0 Å². The van der Waals surface area contributed by atoms with Gasteiger partial charge in [0.05, 0.1) is 14.2 Å². The molecule has 9 heavy (non-hydrogen) atoms. The maximum Gasteiger partial charge on any atom is 0.417 e. The van der Waals surface area contributed by atoms with E-state index in [-0.39, 0.29) is 20.4 Å². The average Bonchev–Trinajstić information content (AvgIpc) is 1.84. The van der Waals surface area contributed by atoms with E-state index in [4.69, 9.17) is 0 Å². The van der Waals surface area contributed by atoms with Gasteiger partial charge in [-0.15, -0.1) is 0 Å². The third-order valence-corrected chi connectivity index (χ3v) is 0.537. The Morgan fingerprint density at radius 1 is 1.00 bits per heavy atom. The molecule has 0 aromatic rings. The van der Waals surface area contributed by atoms with Crippen molar-refractivity contribution in [1.29, 1.82) is 0 Å². The van der Waals surface area contributed by atoms with E-state index in [1.54, 1.807) is 0 Å². The van der Waals surface area contributed by atoms with Crippen molar-refractivity contribution in [2.75, 3.05) is 14.2 Å². The molecule has 0 amide bonds. The van der Waals surface area contributed by atoms with E-state index in [1.165, 1.54) is 0 Å². The van der Waals surface area contributed by atoms with Gasteiger partial charge in [0.2, 0.25) is 0 Å². The Bertz CT molecular complexity index is 97.1. The first-order chi connectivity index (χ1) is 3.72. The van der Waals surface area contributed by atoms with Crippen molar-refractivity contribution in [1.82, 2.24) is 0 Å². The van der Waals surface area contributed by atoms with Crippen molar-refractivity contribution >= 4 is 11.9 Å². The van der Waals surface area contributed by atoms with Crippen LogP contribution >= 0.6 is 0 Å². The molecule has 0 unspecified atom stereocenters. The summed E-state index contributed by atoms with van der Waals surface area (Å²) in [6.45, 7) is 0. The van der Waals surface area contributed by atoms with Crippen molar-refractivity contribution in [3.8, 4) is 0 Å². The molecule has 0 fully saturated rings. The van der Waals surface area contributed by atoms with E-state index in [9.17, 15) is 9.59 Å². The molecule has 0 saturated heterocycles. The fourth-order valence-electron chi connectivity index (χ4n) is 0.167. The summed E-state index contributed by atoms with van der Waals surface area (Å²) in [4.78, 5) is 20.1. The predicted molar refractivity (Wildman–Crippen MR) is 24.0 cm³/mol. The second-order valence-corrected chi connectivity index (χ2v) is 0.983. The summed E-state index contributed by atoms with van der Waals surface area (Å²) < 4.78 is 7.98. The summed E-state index contributed by atoms with van der Waals surface area (Å²) in [7, 11) is 2.22. The Balaban J connectivity index is 0. The molecule has 0 bridgehead atoms. The van der Waals surface area contributed by atoms with Gasteiger partial charge in [0, 0.05) is 20.4 Å². The topological polar surface area (TPSA) is 52.6 Å². The Kier molecular flexibility index (Phi) is 7.27. The van der Waals surface area contributed by atoms with Crippen LogP contribution in [0.2, 0.25) is 0 Å². The van der Waals surface area contributed by atoms with Crippen molar-refractivity contribution < 1.29 is 39.5 Å². The van der Waals surface area contributed by atoms with Gasteiger partial charge in [0.15, 0.2) is 0 Å². The largest absolute Gasteiger partial charge is 0.461 e. The second-order valence-electron chi connectivity index (χ2n) is 0.983.